The first-order chi connectivity index (χ1) is 12.6. The first-order valence-corrected chi connectivity index (χ1v) is 9.40. The average molecular weight is 434 g/mol. The maximum atomic E-state index is 12.6. The summed E-state index contributed by atoms with van der Waals surface area (Å²) in [6, 6.07) is 10.6. The molecule has 0 unspecified atom stereocenters. The largest absolute Gasteiger partial charge is 0.444 e. The number of nitrogens with one attached hydrogen (secondary N) is 2. The fraction of sp³-hybridized carbons (Fsp3) is 0.350. The Kier molecular flexibility index (Phi) is 6.96. The summed E-state index contributed by atoms with van der Waals surface area (Å²) in [7, 11) is 0. The monoisotopic (exact) mass is 433 g/mol. The lowest BCUT2D eigenvalue weighted by molar-refractivity contribution is -0.116. The third-order valence-electron chi connectivity index (χ3n) is 3.61. The Hall–Kier alpha value is -2.41. The van der Waals surface area contributed by atoms with Gasteiger partial charge in [0.25, 0.3) is 0 Å². The number of ether oxygens (including phenoxy) is 1. The Balaban J connectivity index is 2.12. The summed E-state index contributed by atoms with van der Waals surface area (Å²) in [4.78, 5) is 29.0. The maximum Gasteiger partial charge on any atom is 0.408 e. The van der Waals surface area contributed by atoms with Gasteiger partial charge >= 0.3 is 6.09 Å². The van der Waals surface area contributed by atoms with Crippen LogP contribution in [0.25, 0.3) is 0 Å². The van der Waals surface area contributed by atoms with Gasteiger partial charge in [0.15, 0.2) is 0 Å². The van der Waals surface area contributed by atoms with Gasteiger partial charge in [-0.1, -0.05) is 30.3 Å². The van der Waals surface area contributed by atoms with Crippen LogP contribution in [0.3, 0.4) is 0 Å². The molecule has 2 rings (SSSR count). The Labute approximate surface area is 167 Å². The molecule has 0 aliphatic carbocycles. The van der Waals surface area contributed by atoms with Crippen molar-refractivity contribution >= 4 is 33.6 Å². The SMILES string of the molecule is Cc1ncc(Br)cc1NC(=O)C[C@H](NC(=O)OC(C)(C)C)c1ccccc1. The summed E-state index contributed by atoms with van der Waals surface area (Å²) in [6.07, 6.45) is 1.17. The highest BCUT2D eigenvalue weighted by molar-refractivity contribution is 9.10. The summed E-state index contributed by atoms with van der Waals surface area (Å²) in [5.41, 5.74) is 1.54. The van der Waals surface area contributed by atoms with Crippen LogP contribution in [0, 0.1) is 6.92 Å². The highest BCUT2D eigenvalue weighted by Crippen LogP contribution is 2.21. The number of nitrogens with zero attached hydrogens (tertiary/aromatic N) is 1. The molecule has 0 bridgehead atoms. The second-order valence-corrected chi connectivity index (χ2v) is 8.06. The van der Waals surface area contributed by atoms with Crippen LogP contribution in [0.1, 0.15) is 44.5 Å². The molecule has 0 saturated heterocycles. The molecule has 0 aliphatic heterocycles. The minimum atomic E-state index is -0.618. The summed E-state index contributed by atoms with van der Waals surface area (Å²) >= 11 is 3.35. The molecule has 1 atom stereocenters. The molecule has 0 spiro atoms. The van der Waals surface area contributed by atoms with Crippen LogP contribution in [-0.4, -0.2) is 22.6 Å². The first-order valence-electron chi connectivity index (χ1n) is 8.60. The molecule has 0 aliphatic rings. The van der Waals surface area contributed by atoms with E-state index in [9.17, 15) is 9.59 Å². The standard InChI is InChI=1S/C20H24BrN3O3/c1-13-16(10-15(21)12-22-13)23-18(25)11-17(14-8-6-5-7-9-14)24-19(26)27-20(2,3)4/h5-10,12,17H,11H2,1-4H3,(H,23,25)(H,24,26)/t17-/m0/s1. The van der Waals surface area contributed by atoms with Crippen LogP contribution in [0.5, 0.6) is 0 Å². The summed E-state index contributed by atoms with van der Waals surface area (Å²) in [6.45, 7) is 7.19. The summed E-state index contributed by atoms with van der Waals surface area (Å²) in [5.74, 6) is -0.233. The topological polar surface area (TPSA) is 80.3 Å². The van der Waals surface area contributed by atoms with Crippen LogP contribution < -0.4 is 10.6 Å². The van der Waals surface area contributed by atoms with Crippen molar-refractivity contribution in [3.8, 4) is 0 Å². The Morgan fingerprint density at radius 1 is 1.22 bits per heavy atom. The molecule has 1 aromatic carbocycles. The third kappa shape index (κ3) is 7.02. The number of carbonyl (C=O) groups is 2. The van der Waals surface area contributed by atoms with Crippen LogP contribution in [0.2, 0.25) is 0 Å². The van der Waals surface area contributed by atoms with Crippen molar-refractivity contribution < 1.29 is 14.3 Å². The molecule has 7 heteroatoms. The molecule has 1 heterocycles. The Bertz CT molecular complexity index is 804. The minimum absolute atomic E-state index is 0.0647. The number of aryl methyl sites for hydroxylation is 1. The van der Waals surface area contributed by atoms with Crippen LogP contribution >= 0.6 is 15.9 Å². The van der Waals surface area contributed by atoms with Crippen molar-refractivity contribution in [2.75, 3.05) is 5.32 Å². The predicted molar refractivity (Wildman–Crippen MR) is 108 cm³/mol. The number of rotatable bonds is 5. The molecule has 27 heavy (non-hydrogen) atoms. The number of pyridine rings is 1. The number of anilines is 1. The van der Waals surface area contributed by atoms with E-state index in [1.165, 1.54) is 0 Å². The van der Waals surface area contributed by atoms with Gasteiger partial charge in [-0.05, 0) is 55.3 Å². The van der Waals surface area contributed by atoms with E-state index < -0.39 is 17.7 Å². The fourth-order valence-electron chi connectivity index (χ4n) is 2.41. The van der Waals surface area contributed by atoms with E-state index in [1.54, 1.807) is 33.0 Å². The lowest BCUT2D eigenvalue weighted by Crippen LogP contribution is -2.36. The number of benzene rings is 1. The second kappa shape index (κ2) is 8.99. The zero-order valence-corrected chi connectivity index (χ0v) is 17.5. The molecule has 6 nitrogen and oxygen atoms in total. The predicted octanol–water partition coefficient (Wildman–Crippen LogP) is 4.75. The number of aromatic nitrogens is 1. The summed E-state index contributed by atoms with van der Waals surface area (Å²) in [5, 5.41) is 5.63. The van der Waals surface area contributed by atoms with E-state index in [0.29, 0.717) is 11.4 Å². The van der Waals surface area contributed by atoms with Gasteiger partial charge in [-0.3, -0.25) is 9.78 Å². The van der Waals surface area contributed by atoms with E-state index in [1.807, 2.05) is 37.3 Å². The van der Waals surface area contributed by atoms with Gasteiger partial charge in [0.2, 0.25) is 5.91 Å². The van der Waals surface area contributed by atoms with E-state index in [4.69, 9.17) is 4.74 Å². The van der Waals surface area contributed by atoms with E-state index in [2.05, 4.69) is 31.5 Å². The van der Waals surface area contributed by atoms with Crippen molar-refractivity contribution in [1.29, 1.82) is 0 Å². The van der Waals surface area contributed by atoms with Gasteiger partial charge in [0.05, 0.1) is 23.8 Å². The van der Waals surface area contributed by atoms with Crippen molar-refractivity contribution in [3.63, 3.8) is 0 Å². The Morgan fingerprint density at radius 2 is 1.89 bits per heavy atom. The van der Waals surface area contributed by atoms with Crippen molar-refractivity contribution in [1.82, 2.24) is 10.3 Å². The molecule has 0 saturated carbocycles. The highest BCUT2D eigenvalue weighted by atomic mass is 79.9. The summed E-state index contributed by atoms with van der Waals surface area (Å²) < 4.78 is 6.10. The molecule has 2 N–H and O–H groups in total. The van der Waals surface area contributed by atoms with Crippen molar-refractivity contribution in [3.05, 3.63) is 58.3 Å². The number of carbonyl (C=O) groups excluding carboxylic acids is 2. The number of alkyl carbamates (subject to hydrolysis) is 1. The van der Waals surface area contributed by atoms with Crippen LogP contribution in [-0.2, 0) is 9.53 Å². The molecule has 2 amide bonds. The molecule has 0 radical (unpaired) electrons. The van der Waals surface area contributed by atoms with Crippen LogP contribution in [0.15, 0.2) is 47.1 Å². The third-order valence-corrected chi connectivity index (χ3v) is 4.04. The molecular formula is C20H24BrN3O3. The lowest BCUT2D eigenvalue weighted by atomic mass is 10.0. The molecular weight excluding hydrogens is 410 g/mol. The van der Waals surface area contributed by atoms with Gasteiger partial charge in [-0.15, -0.1) is 0 Å². The number of hydrogen-bond donors (Lipinski definition) is 2. The zero-order chi connectivity index (χ0) is 20.0. The smallest absolute Gasteiger partial charge is 0.408 e. The quantitative estimate of drug-likeness (QED) is 0.712. The Morgan fingerprint density at radius 3 is 2.52 bits per heavy atom. The maximum absolute atomic E-state index is 12.6. The van der Waals surface area contributed by atoms with E-state index in [0.717, 1.165) is 10.0 Å². The number of amides is 2. The number of halogens is 1. The molecule has 0 fully saturated rings. The lowest BCUT2D eigenvalue weighted by Gasteiger charge is -2.24. The van der Waals surface area contributed by atoms with Gasteiger partial charge in [0.1, 0.15) is 5.60 Å². The number of hydrogen-bond acceptors (Lipinski definition) is 4. The second-order valence-electron chi connectivity index (χ2n) is 7.15. The van der Waals surface area contributed by atoms with Crippen molar-refractivity contribution in [2.24, 2.45) is 0 Å². The minimum Gasteiger partial charge on any atom is -0.444 e. The fourth-order valence-corrected chi connectivity index (χ4v) is 2.74. The average Bonchev–Trinajstić information content (AvgIpc) is 2.56. The van der Waals surface area contributed by atoms with Gasteiger partial charge in [0, 0.05) is 10.7 Å². The molecule has 1 aromatic heterocycles. The van der Waals surface area contributed by atoms with E-state index >= 15 is 0 Å². The first kappa shape index (κ1) is 20.9. The zero-order valence-electron chi connectivity index (χ0n) is 15.9. The highest BCUT2D eigenvalue weighted by Gasteiger charge is 2.23. The molecule has 2 aromatic rings. The van der Waals surface area contributed by atoms with Gasteiger partial charge in [-0.2, -0.15) is 0 Å². The van der Waals surface area contributed by atoms with E-state index in [-0.39, 0.29) is 12.3 Å². The van der Waals surface area contributed by atoms with Crippen LogP contribution in [0.4, 0.5) is 10.5 Å². The van der Waals surface area contributed by atoms with Gasteiger partial charge < -0.3 is 15.4 Å². The van der Waals surface area contributed by atoms with Gasteiger partial charge in [-0.25, -0.2) is 4.79 Å². The normalized spacial score (nSPS) is 12.2. The van der Waals surface area contributed by atoms with Crippen molar-refractivity contribution in [2.45, 2.75) is 45.8 Å². The molecule has 144 valence electrons.